The van der Waals surface area contributed by atoms with Crippen LogP contribution >= 0.6 is 11.3 Å². The third kappa shape index (κ3) is 2.80. The molecule has 122 valence electrons. The van der Waals surface area contributed by atoms with Crippen LogP contribution in [0.15, 0.2) is 23.0 Å². The molecule has 8 nitrogen and oxygen atoms in total. The lowest BCUT2D eigenvalue weighted by molar-refractivity contribution is -0.127. The Kier molecular flexibility index (Phi) is 4.05. The summed E-state index contributed by atoms with van der Waals surface area (Å²) in [5.74, 6) is -0.444. The highest BCUT2D eigenvalue weighted by Crippen LogP contribution is 2.27. The molecule has 1 aliphatic heterocycles. The number of anilines is 1. The largest absolute Gasteiger partial charge is 0.434 e. The van der Waals surface area contributed by atoms with Gasteiger partial charge in [-0.05, 0) is 18.2 Å². The fraction of sp³-hybridized carbons (Fsp3) is 0.357. The summed E-state index contributed by atoms with van der Waals surface area (Å²) in [5.41, 5.74) is 1.36. The Balaban J connectivity index is 1.83. The van der Waals surface area contributed by atoms with Crippen molar-refractivity contribution in [2.75, 3.05) is 24.6 Å². The molecule has 2 aromatic rings. The zero-order chi connectivity index (χ0) is 16.6. The highest BCUT2D eigenvalue weighted by Gasteiger charge is 2.36. The van der Waals surface area contributed by atoms with Gasteiger partial charge in [0.05, 0.1) is 23.4 Å². The van der Waals surface area contributed by atoms with Gasteiger partial charge in [-0.1, -0.05) is 11.3 Å². The summed E-state index contributed by atoms with van der Waals surface area (Å²) < 4.78 is 7.36. The van der Waals surface area contributed by atoms with E-state index in [2.05, 4.69) is 5.32 Å². The molecule has 1 fully saturated rings. The number of rotatable bonds is 4. The lowest BCUT2D eigenvalue weighted by atomic mass is 10.2. The van der Waals surface area contributed by atoms with Crippen LogP contribution in [0.3, 0.4) is 0 Å². The maximum absolute atomic E-state index is 12.0. The number of hydrogen-bond donors (Lipinski definition) is 2. The van der Waals surface area contributed by atoms with E-state index >= 15 is 0 Å². The van der Waals surface area contributed by atoms with Gasteiger partial charge in [-0.2, -0.15) is 0 Å². The van der Waals surface area contributed by atoms with E-state index in [-0.39, 0.29) is 24.6 Å². The molecule has 9 heteroatoms. The lowest BCUT2D eigenvalue weighted by Gasteiger charge is -2.13. The molecule has 2 heterocycles. The van der Waals surface area contributed by atoms with Gasteiger partial charge in [0.15, 0.2) is 6.10 Å². The summed E-state index contributed by atoms with van der Waals surface area (Å²) in [4.78, 5) is 36.8. The average molecular weight is 337 g/mol. The first-order valence-corrected chi connectivity index (χ1v) is 7.79. The number of nitrogens with one attached hydrogen (secondary N) is 1. The molecule has 2 amide bonds. The number of ether oxygens (including phenoxy) is 1. The van der Waals surface area contributed by atoms with Gasteiger partial charge in [0, 0.05) is 19.3 Å². The summed E-state index contributed by atoms with van der Waals surface area (Å²) in [6.07, 6.45) is -1.53. The molecule has 1 aliphatic rings. The van der Waals surface area contributed by atoms with E-state index in [4.69, 9.17) is 9.84 Å². The van der Waals surface area contributed by atoms with Gasteiger partial charge in [0.1, 0.15) is 0 Å². The Morgan fingerprint density at radius 2 is 2.26 bits per heavy atom. The second-order valence-corrected chi connectivity index (χ2v) is 6.07. The Hall–Kier alpha value is -2.39. The van der Waals surface area contributed by atoms with Crippen LogP contribution in [0.2, 0.25) is 0 Å². The van der Waals surface area contributed by atoms with E-state index in [0.29, 0.717) is 5.69 Å². The van der Waals surface area contributed by atoms with E-state index in [9.17, 15) is 14.4 Å². The third-order valence-corrected chi connectivity index (χ3v) is 4.60. The van der Waals surface area contributed by atoms with Crippen molar-refractivity contribution in [3.8, 4) is 0 Å². The number of aliphatic hydroxyl groups excluding tert-OH is 1. The van der Waals surface area contributed by atoms with Crippen LogP contribution in [0.5, 0.6) is 0 Å². The van der Waals surface area contributed by atoms with Crippen LogP contribution < -0.4 is 15.1 Å². The lowest BCUT2D eigenvalue weighted by Crippen LogP contribution is -2.38. The topological polar surface area (TPSA) is 101 Å². The van der Waals surface area contributed by atoms with Gasteiger partial charge in [-0.3, -0.25) is 14.5 Å². The van der Waals surface area contributed by atoms with Crippen LogP contribution in [0.4, 0.5) is 10.5 Å². The average Bonchev–Trinajstić information content (AvgIpc) is 3.05. The smallest absolute Gasteiger partial charge is 0.415 e. The van der Waals surface area contributed by atoms with Gasteiger partial charge in [0.25, 0.3) is 5.91 Å². The molecule has 0 saturated carbocycles. The van der Waals surface area contributed by atoms with Gasteiger partial charge in [0.2, 0.25) is 0 Å². The van der Waals surface area contributed by atoms with E-state index in [1.807, 2.05) is 0 Å². The summed E-state index contributed by atoms with van der Waals surface area (Å²) in [6, 6.07) is 5.20. The standard InChI is InChI=1S/C14H15N3O5S/c1-16-9-3-2-8(6-11(9)23-14(16)21)17-7-10(22-13(17)20)12(19)15-4-5-18/h2-3,6,10,18H,4-5,7H2,1H3,(H,15,19)/t10-/m1/s1. The number of hydrogen-bond acceptors (Lipinski definition) is 6. The number of carbonyl (C=O) groups is 2. The SMILES string of the molecule is Cn1c(=O)sc2cc(N3C[C@H](C(=O)NCCO)OC3=O)ccc21. The van der Waals surface area contributed by atoms with Crippen molar-refractivity contribution >= 4 is 39.2 Å². The highest BCUT2D eigenvalue weighted by atomic mass is 32.1. The van der Waals surface area contributed by atoms with Gasteiger partial charge < -0.3 is 19.7 Å². The van der Waals surface area contributed by atoms with Crippen LogP contribution in [0.1, 0.15) is 0 Å². The Morgan fingerprint density at radius 3 is 3.00 bits per heavy atom. The molecule has 23 heavy (non-hydrogen) atoms. The Labute approximate surface area is 134 Å². The quantitative estimate of drug-likeness (QED) is 0.820. The summed E-state index contributed by atoms with van der Waals surface area (Å²) in [6.45, 7) is 0.0138. The van der Waals surface area contributed by atoms with Crippen molar-refractivity contribution in [3.63, 3.8) is 0 Å². The number of thiazole rings is 1. The number of amides is 2. The van der Waals surface area contributed by atoms with Crippen LogP contribution in [-0.2, 0) is 16.6 Å². The normalized spacial score (nSPS) is 17.6. The minimum atomic E-state index is -0.917. The zero-order valence-corrected chi connectivity index (χ0v) is 13.1. The van der Waals surface area contributed by atoms with E-state index in [1.165, 1.54) is 9.47 Å². The number of nitrogens with zero attached hydrogens (tertiary/aromatic N) is 2. The molecular weight excluding hydrogens is 322 g/mol. The van der Waals surface area contributed by atoms with Crippen molar-refractivity contribution in [1.82, 2.24) is 9.88 Å². The third-order valence-electron chi connectivity index (χ3n) is 3.60. The van der Waals surface area contributed by atoms with Crippen LogP contribution in [0.25, 0.3) is 10.2 Å². The first-order chi connectivity index (χ1) is 11.0. The molecular formula is C14H15N3O5S. The number of aryl methyl sites for hydroxylation is 1. The molecule has 2 N–H and O–H groups in total. The number of aliphatic hydroxyl groups is 1. The maximum Gasteiger partial charge on any atom is 0.415 e. The van der Waals surface area contributed by atoms with Crippen molar-refractivity contribution in [2.45, 2.75) is 6.10 Å². The van der Waals surface area contributed by atoms with Gasteiger partial charge in [-0.15, -0.1) is 0 Å². The first-order valence-electron chi connectivity index (χ1n) is 6.97. The zero-order valence-electron chi connectivity index (χ0n) is 12.3. The fourth-order valence-electron chi connectivity index (χ4n) is 2.39. The minimum Gasteiger partial charge on any atom is -0.434 e. The van der Waals surface area contributed by atoms with E-state index < -0.39 is 18.1 Å². The second kappa shape index (κ2) is 6.01. The monoisotopic (exact) mass is 337 g/mol. The summed E-state index contributed by atoms with van der Waals surface area (Å²) in [5, 5.41) is 11.2. The number of carbonyl (C=O) groups excluding carboxylic acids is 2. The molecule has 1 saturated heterocycles. The second-order valence-electron chi connectivity index (χ2n) is 5.08. The van der Waals surface area contributed by atoms with Crippen molar-refractivity contribution in [2.24, 2.45) is 7.05 Å². The molecule has 3 rings (SSSR count). The molecule has 0 spiro atoms. The van der Waals surface area contributed by atoms with Crippen molar-refractivity contribution in [3.05, 3.63) is 27.9 Å². The Bertz CT molecular complexity index is 827. The summed E-state index contributed by atoms with van der Waals surface area (Å²) >= 11 is 1.09. The fourth-order valence-corrected chi connectivity index (χ4v) is 3.31. The van der Waals surface area contributed by atoms with Crippen LogP contribution in [-0.4, -0.2) is 47.5 Å². The number of benzene rings is 1. The highest BCUT2D eigenvalue weighted by molar-refractivity contribution is 7.16. The van der Waals surface area contributed by atoms with E-state index in [1.54, 1.807) is 25.2 Å². The minimum absolute atomic E-state index is 0.0811. The first kappa shape index (κ1) is 15.5. The van der Waals surface area contributed by atoms with E-state index in [0.717, 1.165) is 21.6 Å². The molecule has 0 aliphatic carbocycles. The maximum atomic E-state index is 12.0. The molecule has 0 bridgehead atoms. The van der Waals surface area contributed by atoms with Gasteiger partial charge in [-0.25, -0.2) is 4.79 Å². The predicted molar refractivity (Wildman–Crippen MR) is 84.8 cm³/mol. The molecule has 0 unspecified atom stereocenters. The van der Waals surface area contributed by atoms with Crippen molar-refractivity contribution in [1.29, 1.82) is 0 Å². The number of fused-ring (bicyclic) bond motifs is 1. The number of cyclic esters (lactones) is 1. The predicted octanol–water partition coefficient (Wildman–Crippen LogP) is 0.0337. The molecule has 1 atom stereocenters. The Morgan fingerprint density at radius 1 is 1.48 bits per heavy atom. The summed E-state index contributed by atoms with van der Waals surface area (Å²) in [7, 11) is 1.69. The molecule has 1 aromatic carbocycles. The number of aromatic nitrogens is 1. The molecule has 1 aromatic heterocycles. The molecule has 0 radical (unpaired) electrons. The van der Waals surface area contributed by atoms with Crippen LogP contribution in [0, 0.1) is 0 Å². The van der Waals surface area contributed by atoms with Gasteiger partial charge >= 0.3 is 11.0 Å². The van der Waals surface area contributed by atoms with Crippen molar-refractivity contribution < 1.29 is 19.4 Å².